The van der Waals surface area contributed by atoms with Crippen molar-refractivity contribution < 1.29 is 14.3 Å². The van der Waals surface area contributed by atoms with Crippen LogP contribution in [0.15, 0.2) is 43.0 Å². The fourth-order valence-corrected chi connectivity index (χ4v) is 3.87. The molecule has 1 amide bonds. The van der Waals surface area contributed by atoms with Gasteiger partial charge in [-0.2, -0.15) is 0 Å². The van der Waals surface area contributed by atoms with Gasteiger partial charge >= 0.3 is 0 Å². The number of ether oxygens (including phenoxy) is 2. The van der Waals surface area contributed by atoms with Crippen molar-refractivity contribution in [1.82, 2.24) is 24.4 Å². The van der Waals surface area contributed by atoms with Crippen LogP contribution in [0.3, 0.4) is 0 Å². The average Bonchev–Trinajstić information content (AvgIpc) is 3.16. The Hall–Kier alpha value is -3.62. The predicted molar refractivity (Wildman–Crippen MR) is 114 cm³/mol. The van der Waals surface area contributed by atoms with Gasteiger partial charge < -0.3 is 19.3 Å². The molecule has 5 rings (SSSR count). The number of aryl methyl sites for hydroxylation is 1. The molecule has 2 aliphatic heterocycles. The summed E-state index contributed by atoms with van der Waals surface area (Å²) in [5.41, 5.74) is 2.03. The Morgan fingerprint density at radius 2 is 1.74 bits per heavy atom. The highest BCUT2D eigenvalue weighted by Crippen LogP contribution is 2.31. The lowest BCUT2D eigenvalue weighted by molar-refractivity contribution is -0.141. The largest absolute Gasteiger partial charge is 0.485 e. The monoisotopic (exact) mass is 420 g/mol. The Labute approximate surface area is 180 Å². The molecule has 1 fully saturated rings. The molecule has 0 N–H and O–H groups in total. The number of nitrogens with zero attached hydrogens (tertiary/aromatic N) is 6. The predicted octanol–water partition coefficient (Wildman–Crippen LogP) is 1.77. The molecular weight excluding hydrogens is 396 g/mol. The molecule has 31 heavy (non-hydrogen) atoms. The lowest BCUT2D eigenvalue weighted by atomic mass is 10.2. The van der Waals surface area contributed by atoms with Crippen molar-refractivity contribution in [3.63, 3.8) is 0 Å². The molecule has 1 saturated heterocycles. The zero-order chi connectivity index (χ0) is 21.4. The van der Waals surface area contributed by atoms with Crippen molar-refractivity contribution in [1.29, 1.82) is 0 Å². The van der Waals surface area contributed by atoms with E-state index in [1.165, 1.54) is 0 Å². The van der Waals surface area contributed by atoms with E-state index in [0.717, 1.165) is 23.0 Å². The van der Waals surface area contributed by atoms with Crippen LogP contribution in [-0.4, -0.2) is 69.2 Å². The van der Waals surface area contributed by atoms with Crippen molar-refractivity contribution in [2.75, 3.05) is 37.7 Å². The maximum absolute atomic E-state index is 13.0. The second kappa shape index (κ2) is 7.90. The highest BCUT2D eigenvalue weighted by atomic mass is 16.6. The van der Waals surface area contributed by atoms with Crippen LogP contribution in [0.1, 0.15) is 11.4 Å². The van der Waals surface area contributed by atoms with Crippen molar-refractivity contribution in [3.05, 3.63) is 54.4 Å². The number of carbonyl (C=O) groups excluding carboxylic acids is 1. The molecule has 2 aliphatic rings. The molecule has 4 heterocycles. The Bertz CT molecular complexity index is 1110. The second-order valence-electron chi connectivity index (χ2n) is 7.70. The molecule has 1 aromatic carbocycles. The third-order valence-corrected chi connectivity index (χ3v) is 5.84. The van der Waals surface area contributed by atoms with Gasteiger partial charge in [-0.3, -0.25) is 9.36 Å². The van der Waals surface area contributed by atoms with Crippen molar-refractivity contribution in [2.24, 2.45) is 0 Å². The third kappa shape index (κ3) is 3.67. The topological polar surface area (TPSA) is 85.6 Å². The number of hydrogen-bond donors (Lipinski definition) is 0. The normalized spacial score (nSPS) is 18.2. The summed E-state index contributed by atoms with van der Waals surface area (Å²) >= 11 is 0. The second-order valence-corrected chi connectivity index (χ2v) is 7.70. The molecule has 3 aromatic rings. The first-order chi connectivity index (χ1) is 15.1. The van der Waals surface area contributed by atoms with E-state index in [1.807, 2.05) is 53.6 Å². The zero-order valence-corrected chi connectivity index (χ0v) is 17.6. The van der Waals surface area contributed by atoms with E-state index in [1.54, 1.807) is 12.7 Å². The number of imidazole rings is 1. The molecule has 0 bridgehead atoms. The summed E-state index contributed by atoms with van der Waals surface area (Å²) in [7, 11) is 0. The van der Waals surface area contributed by atoms with Gasteiger partial charge in [-0.15, -0.1) is 0 Å². The molecule has 9 nitrogen and oxygen atoms in total. The van der Waals surface area contributed by atoms with E-state index in [4.69, 9.17) is 9.47 Å². The van der Waals surface area contributed by atoms with E-state index < -0.39 is 6.10 Å². The smallest absolute Gasteiger partial charge is 0.267 e. The molecule has 160 valence electrons. The molecule has 0 radical (unpaired) electrons. The zero-order valence-electron chi connectivity index (χ0n) is 17.6. The summed E-state index contributed by atoms with van der Waals surface area (Å²) in [5.74, 6) is 2.88. The van der Waals surface area contributed by atoms with E-state index >= 15 is 0 Å². The molecule has 0 saturated carbocycles. The van der Waals surface area contributed by atoms with Gasteiger partial charge in [0, 0.05) is 37.9 Å². The van der Waals surface area contributed by atoms with Crippen LogP contribution in [0.25, 0.3) is 5.82 Å². The Kier molecular flexibility index (Phi) is 4.93. The van der Waals surface area contributed by atoms with Crippen LogP contribution >= 0.6 is 0 Å². The molecule has 1 unspecified atom stereocenters. The van der Waals surface area contributed by atoms with Gasteiger partial charge in [0.2, 0.25) is 6.10 Å². The Morgan fingerprint density at radius 3 is 2.48 bits per heavy atom. The highest BCUT2D eigenvalue weighted by molar-refractivity contribution is 5.82. The van der Waals surface area contributed by atoms with E-state index in [0.29, 0.717) is 37.7 Å². The van der Waals surface area contributed by atoms with Gasteiger partial charge in [-0.25, -0.2) is 15.0 Å². The SMILES string of the molecule is Cc1ncn(-c2cc(N3CCN(C(=O)C4COc5ccccc5O4)CC3)ncn2)c1C. The van der Waals surface area contributed by atoms with Crippen LogP contribution < -0.4 is 14.4 Å². The van der Waals surface area contributed by atoms with E-state index in [2.05, 4.69) is 19.9 Å². The van der Waals surface area contributed by atoms with Gasteiger partial charge in [-0.1, -0.05) is 12.1 Å². The minimum absolute atomic E-state index is 0.0398. The lowest BCUT2D eigenvalue weighted by Crippen LogP contribution is -2.54. The lowest BCUT2D eigenvalue weighted by Gasteiger charge is -2.37. The Morgan fingerprint density at radius 1 is 1.00 bits per heavy atom. The number of anilines is 1. The third-order valence-electron chi connectivity index (χ3n) is 5.84. The van der Waals surface area contributed by atoms with Gasteiger partial charge in [0.1, 0.15) is 30.9 Å². The number of aromatic nitrogens is 4. The molecule has 0 spiro atoms. The maximum atomic E-state index is 13.0. The number of rotatable bonds is 3. The van der Waals surface area contributed by atoms with Gasteiger partial charge in [0.05, 0.1) is 5.69 Å². The summed E-state index contributed by atoms with van der Waals surface area (Å²) in [6.07, 6.45) is 2.74. The fraction of sp³-hybridized carbons (Fsp3) is 0.364. The summed E-state index contributed by atoms with van der Waals surface area (Å²) < 4.78 is 13.5. The first-order valence-corrected chi connectivity index (χ1v) is 10.4. The minimum Gasteiger partial charge on any atom is -0.485 e. The summed E-state index contributed by atoms with van der Waals surface area (Å²) in [5, 5.41) is 0. The maximum Gasteiger partial charge on any atom is 0.267 e. The number of carbonyl (C=O) groups is 1. The van der Waals surface area contributed by atoms with Crippen molar-refractivity contribution in [3.8, 4) is 17.3 Å². The van der Waals surface area contributed by atoms with E-state index in [9.17, 15) is 4.79 Å². The summed E-state index contributed by atoms with van der Waals surface area (Å²) in [6, 6.07) is 9.38. The molecule has 1 atom stereocenters. The quantitative estimate of drug-likeness (QED) is 0.638. The number of para-hydroxylation sites is 2. The van der Waals surface area contributed by atoms with Gasteiger partial charge in [0.25, 0.3) is 5.91 Å². The van der Waals surface area contributed by atoms with Gasteiger partial charge in [-0.05, 0) is 26.0 Å². The number of benzene rings is 1. The summed E-state index contributed by atoms with van der Waals surface area (Å²) in [4.78, 5) is 30.1. The number of hydrogen-bond acceptors (Lipinski definition) is 7. The summed E-state index contributed by atoms with van der Waals surface area (Å²) in [6.45, 7) is 6.80. The van der Waals surface area contributed by atoms with Crippen LogP contribution in [0.4, 0.5) is 5.82 Å². The Balaban J connectivity index is 1.23. The fourth-order valence-electron chi connectivity index (χ4n) is 3.87. The molecule has 2 aromatic heterocycles. The van der Waals surface area contributed by atoms with Crippen molar-refractivity contribution >= 4 is 11.7 Å². The first-order valence-electron chi connectivity index (χ1n) is 10.4. The number of amides is 1. The van der Waals surface area contributed by atoms with Gasteiger partial charge in [0.15, 0.2) is 11.5 Å². The standard InChI is InChI=1S/C22H24N6O3/c1-15-16(2)28(14-25-15)21-11-20(23-13-24-21)26-7-9-27(10-8-26)22(29)19-12-30-17-5-3-4-6-18(17)31-19/h3-6,11,13-14,19H,7-10,12H2,1-2H3. The first kappa shape index (κ1) is 19.3. The molecular formula is C22H24N6O3. The highest BCUT2D eigenvalue weighted by Gasteiger charge is 2.33. The molecule has 9 heteroatoms. The van der Waals surface area contributed by atoms with Crippen LogP contribution in [0.5, 0.6) is 11.5 Å². The number of fused-ring (bicyclic) bond motifs is 1. The average molecular weight is 420 g/mol. The van der Waals surface area contributed by atoms with Crippen LogP contribution in [0.2, 0.25) is 0 Å². The molecule has 0 aliphatic carbocycles. The van der Waals surface area contributed by atoms with Crippen LogP contribution in [-0.2, 0) is 4.79 Å². The van der Waals surface area contributed by atoms with Crippen LogP contribution in [0, 0.1) is 13.8 Å². The van der Waals surface area contributed by atoms with E-state index in [-0.39, 0.29) is 12.5 Å². The number of piperazine rings is 1. The minimum atomic E-state index is -0.612. The van der Waals surface area contributed by atoms with Crippen molar-refractivity contribution in [2.45, 2.75) is 20.0 Å².